The summed E-state index contributed by atoms with van der Waals surface area (Å²) in [6, 6.07) is 0.171. The minimum absolute atomic E-state index is 0. The predicted molar refractivity (Wildman–Crippen MR) is 33.9 cm³/mol. The molecule has 3 heteroatoms. The standard InChI is InChI=1S/C5H10FN.ClH/c6-3-4-1-2-5(4)7;/h4-5H,1-3,7H2;1H/t4-,5-;/m0./s1. The minimum atomic E-state index is -0.221. The van der Waals surface area contributed by atoms with E-state index in [0.29, 0.717) is 0 Å². The van der Waals surface area contributed by atoms with E-state index in [-0.39, 0.29) is 31.0 Å². The first kappa shape index (κ1) is 8.18. The van der Waals surface area contributed by atoms with E-state index in [1.54, 1.807) is 0 Å². The number of alkyl halides is 1. The molecule has 0 unspecified atom stereocenters. The molecule has 0 aliphatic heterocycles. The molecule has 0 heterocycles. The second-order valence-corrected chi connectivity index (χ2v) is 2.16. The Bertz CT molecular complexity index is 67.4. The van der Waals surface area contributed by atoms with E-state index in [1.807, 2.05) is 0 Å². The molecule has 1 aliphatic rings. The lowest BCUT2D eigenvalue weighted by Crippen LogP contribution is -2.40. The van der Waals surface area contributed by atoms with Crippen molar-refractivity contribution in [1.29, 1.82) is 0 Å². The van der Waals surface area contributed by atoms with E-state index in [0.717, 1.165) is 12.8 Å². The highest BCUT2D eigenvalue weighted by atomic mass is 35.5. The third-order valence-electron chi connectivity index (χ3n) is 1.67. The van der Waals surface area contributed by atoms with E-state index in [1.165, 1.54) is 0 Å². The molecule has 1 nitrogen and oxygen atoms in total. The summed E-state index contributed by atoms with van der Waals surface area (Å²) in [6.07, 6.45) is 2.02. The lowest BCUT2D eigenvalue weighted by molar-refractivity contribution is 0.202. The Morgan fingerprint density at radius 3 is 2.12 bits per heavy atom. The fraction of sp³-hybridized carbons (Fsp3) is 1.00. The number of hydrogen-bond donors (Lipinski definition) is 1. The van der Waals surface area contributed by atoms with Gasteiger partial charge in [0.2, 0.25) is 0 Å². The molecular formula is C5H11ClFN. The van der Waals surface area contributed by atoms with Crippen LogP contribution in [0.25, 0.3) is 0 Å². The maximum absolute atomic E-state index is 11.6. The number of hydrogen-bond acceptors (Lipinski definition) is 1. The summed E-state index contributed by atoms with van der Waals surface area (Å²) in [7, 11) is 0. The van der Waals surface area contributed by atoms with Crippen molar-refractivity contribution in [3.63, 3.8) is 0 Å². The molecule has 0 saturated heterocycles. The zero-order valence-corrected chi connectivity index (χ0v) is 5.46. The molecule has 0 amide bonds. The van der Waals surface area contributed by atoms with Gasteiger partial charge in [-0.15, -0.1) is 12.4 Å². The van der Waals surface area contributed by atoms with Crippen LogP contribution in [0.4, 0.5) is 4.39 Å². The molecule has 0 spiro atoms. The average molecular weight is 140 g/mol. The Morgan fingerprint density at radius 2 is 2.12 bits per heavy atom. The van der Waals surface area contributed by atoms with Gasteiger partial charge in [-0.3, -0.25) is 4.39 Å². The third kappa shape index (κ3) is 1.33. The van der Waals surface area contributed by atoms with Gasteiger partial charge in [-0.25, -0.2) is 0 Å². The van der Waals surface area contributed by atoms with Gasteiger partial charge in [0, 0.05) is 12.0 Å². The van der Waals surface area contributed by atoms with Crippen molar-refractivity contribution in [3.05, 3.63) is 0 Å². The molecule has 1 saturated carbocycles. The molecule has 0 aromatic rings. The summed E-state index contributed by atoms with van der Waals surface area (Å²) in [5, 5.41) is 0. The molecule has 0 aromatic heterocycles. The molecular weight excluding hydrogens is 129 g/mol. The second-order valence-electron chi connectivity index (χ2n) is 2.16. The molecule has 2 N–H and O–H groups in total. The third-order valence-corrected chi connectivity index (χ3v) is 1.67. The smallest absolute Gasteiger partial charge is 0.0937 e. The van der Waals surface area contributed by atoms with Crippen molar-refractivity contribution in [2.45, 2.75) is 18.9 Å². The summed E-state index contributed by atoms with van der Waals surface area (Å²) < 4.78 is 11.6. The topological polar surface area (TPSA) is 26.0 Å². The molecule has 2 atom stereocenters. The van der Waals surface area contributed by atoms with Gasteiger partial charge in [0.1, 0.15) is 0 Å². The van der Waals surface area contributed by atoms with Gasteiger partial charge in [0.05, 0.1) is 6.67 Å². The quantitative estimate of drug-likeness (QED) is 0.579. The SMILES string of the molecule is Cl.N[C@H]1CC[C@H]1CF. The molecule has 1 aliphatic carbocycles. The summed E-state index contributed by atoms with van der Waals surface area (Å²) >= 11 is 0. The number of halogens is 2. The van der Waals surface area contributed by atoms with E-state index in [4.69, 9.17) is 5.73 Å². The fourth-order valence-electron chi connectivity index (χ4n) is 0.786. The highest BCUT2D eigenvalue weighted by molar-refractivity contribution is 5.85. The largest absolute Gasteiger partial charge is 0.327 e. The average Bonchev–Trinajstić information content (AvgIpc) is 1.65. The van der Waals surface area contributed by atoms with E-state index < -0.39 is 0 Å². The Hall–Kier alpha value is 0.180. The first-order chi connectivity index (χ1) is 3.34. The van der Waals surface area contributed by atoms with Crippen molar-refractivity contribution >= 4 is 12.4 Å². The first-order valence-electron chi connectivity index (χ1n) is 2.66. The molecule has 0 aromatic carbocycles. The molecule has 0 bridgehead atoms. The van der Waals surface area contributed by atoms with Gasteiger partial charge >= 0.3 is 0 Å². The zero-order valence-electron chi connectivity index (χ0n) is 4.64. The first-order valence-corrected chi connectivity index (χ1v) is 2.66. The van der Waals surface area contributed by atoms with Gasteiger partial charge in [-0.2, -0.15) is 0 Å². The maximum atomic E-state index is 11.6. The van der Waals surface area contributed by atoms with Crippen LogP contribution in [0.3, 0.4) is 0 Å². The highest BCUT2D eigenvalue weighted by Crippen LogP contribution is 2.25. The van der Waals surface area contributed by atoms with Crippen LogP contribution in [0.1, 0.15) is 12.8 Å². The van der Waals surface area contributed by atoms with Crippen LogP contribution in [0, 0.1) is 5.92 Å². The molecule has 8 heavy (non-hydrogen) atoms. The molecule has 1 fully saturated rings. The predicted octanol–water partition coefficient (Wildman–Crippen LogP) is 1.11. The maximum Gasteiger partial charge on any atom is 0.0937 e. The Balaban J connectivity index is 0.000000490. The highest BCUT2D eigenvalue weighted by Gasteiger charge is 2.26. The van der Waals surface area contributed by atoms with Gasteiger partial charge < -0.3 is 5.73 Å². The Morgan fingerprint density at radius 1 is 1.50 bits per heavy atom. The minimum Gasteiger partial charge on any atom is -0.327 e. The van der Waals surface area contributed by atoms with Crippen LogP contribution >= 0.6 is 12.4 Å². The van der Waals surface area contributed by atoms with E-state index in [2.05, 4.69) is 0 Å². The van der Waals surface area contributed by atoms with Crippen molar-refractivity contribution in [2.75, 3.05) is 6.67 Å². The normalized spacial score (nSPS) is 35.2. The lowest BCUT2D eigenvalue weighted by Gasteiger charge is -2.30. The Kier molecular flexibility index (Phi) is 3.33. The van der Waals surface area contributed by atoms with Crippen LogP contribution in [-0.2, 0) is 0 Å². The monoisotopic (exact) mass is 139 g/mol. The fourth-order valence-corrected chi connectivity index (χ4v) is 0.786. The summed E-state index contributed by atoms with van der Waals surface area (Å²) in [5.74, 6) is 0.194. The second kappa shape index (κ2) is 3.25. The van der Waals surface area contributed by atoms with Crippen molar-refractivity contribution in [1.82, 2.24) is 0 Å². The molecule has 0 radical (unpaired) electrons. The van der Waals surface area contributed by atoms with Crippen LogP contribution in [0.2, 0.25) is 0 Å². The number of nitrogens with two attached hydrogens (primary N) is 1. The van der Waals surface area contributed by atoms with Crippen LogP contribution < -0.4 is 5.73 Å². The summed E-state index contributed by atoms with van der Waals surface area (Å²) in [5.41, 5.74) is 5.39. The molecule has 50 valence electrons. The zero-order chi connectivity index (χ0) is 5.28. The number of rotatable bonds is 1. The van der Waals surface area contributed by atoms with E-state index in [9.17, 15) is 4.39 Å². The van der Waals surface area contributed by atoms with Crippen LogP contribution in [0.5, 0.6) is 0 Å². The van der Waals surface area contributed by atoms with Crippen molar-refractivity contribution in [3.8, 4) is 0 Å². The Labute approximate surface area is 54.9 Å². The summed E-state index contributed by atoms with van der Waals surface area (Å²) in [4.78, 5) is 0. The lowest BCUT2D eigenvalue weighted by atomic mass is 9.81. The van der Waals surface area contributed by atoms with Gasteiger partial charge in [0.15, 0.2) is 0 Å². The van der Waals surface area contributed by atoms with Crippen LogP contribution in [-0.4, -0.2) is 12.7 Å². The van der Waals surface area contributed by atoms with E-state index >= 15 is 0 Å². The van der Waals surface area contributed by atoms with Crippen molar-refractivity contribution in [2.24, 2.45) is 11.7 Å². The van der Waals surface area contributed by atoms with Crippen molar-refractivity contribution < 1.29 is 4.39 Å². The van der Waals surface area contributed by atoms with Gasteiger partial charge in [-0.1, -0.05) is 0 Å². The molecule has 1 rings (SSSR count). The summed E-state index contributed by atoms with van der Waals surface area (Å²) in [6.45, 7) is -0.221. The van der Waals surface area contributed by atoms with Gasteiger partial charge in [-0.05, 0) is 12.8 Å². The van der Waals surface area contributed by atoms with Gasteiger partial charge in [0.25, 0.3) is 0 Å². The van der Waals surface area contributed by atoms with Crippen LogP contribution in [0.15, 0.2) is 0 Å².